The molecule has 7 nitrogen and oxygen atoms in total. The molecule has 0 amide bonds. The molecule has 1 N–H and O–H groups in total. The van der Waals surface area contributed by atoms with Crippen LogP contribution in [0.25, 0.3) is 22.2 Å². The second-order valence-electron chi connectivity index (χ2n) is 8.94. The number of piperidine rings is 1. The summed E-state index contributed by atoms with van der Waals surface area (Å²) in [6.45, 7) is 6.61. The van der Waals surface area contributed by atoms with Gasteiger partial charge >= 0.3 is 6.09 Å². The molecule has 164 valence electrons. The van der Waals surface area contributed by atoms with E-state index in [1.807, 2.05) is 26.8 Å². The van der Waals surface area contributed by atoms with Crippen LogP contribution in [0.3, 0.4) is 0 Å². The van der Waals surface area contributed by atoms with Gasteiger partial charge in [0.25, 0.3) is 0 Å². The molecule has 0 spiro atoms. The van der Waals surface area contributed by atoms with Crippen molar-refractivity contribution in [2.75, 3.05) is 24.7 Å². The quantitative estimate of drug-likeness (QED) is 0.650. The first-order valence-electron chi connectivity index (χ1n) is 10.5. The van der Waals surface area contributed by atoms with E-state index in [4.69, 9.17) is 4.74 Å². The van der Waals surface area contributed by atoms with Gasteiger partial charge in [-0.1, -0.05) is 0 Å². The number of aromatic nitrogens is 3. The summed E-state index contributed by atoms with van der Waals surface area (Å²) in [5, 5.41) is 10.6. The summed E-state index contributed by atoms with van der Waals surface area (Å²) < 4.78 is 19.9. The van der Waals surface area contributed by atoms with Crippen LogP contribution in [0.15, 0.2) is 36.7 Å². The Labute approximate surface area is 180 Å². The van der Waals surface area contributed by atoms with Crippen LogP contribution in [-0.2, 0) is 4.74 Å². The highest BCUT2D eigenvalue weighted by molar-refractivity contribution is 5.96. The Morgan fingerprint density at radius 2 is 1.87 bits per heavy atom. The van der Waals surface area contributed by atoms with Gasteiger partial charge in [-0.15, -0.1) is 0 Å². The Bertz CT molecular complexity index is 1080. The van der Waals surface area contributed by atoms with E-state index >= 15 is 0 Å². The van der Waals surface area contributed by atoms with Crippen molar-refractivity contribution in [3.05, 3.63) is 36.7 Å². The van der Waals surface area contributed by atoms with Crippen LogP contribution in [-0.4, -0.2) is 51.1 Å². The van der Waals surface area contributed by atoms with Crippen LogP contribution < -0.4 is 4.90 Å². The number of anilines is 1. The van der Waals surface area contributed by atoms with Crippen LogP contribution in [0.2, 0.25) is 0 Å². The summed E-state index contributed by atoms with van der Waals surface area (Å²) in [5.41, 5.74) is 1.20. The maximum absolute atomic E-state index is 13.0. The summed E-state index contributed by atoms with van der Waals surface area (Å²) in [4.78, 5) is 24.0. The number of ether oxygens (including phenoxy) is 1. The van der Waals surface area contributed by atoms with Crippen LogP contribution >= 0.6 is 0 Å². The second kappa shape index (κ2) is 8.17. The molecular formula is C23H27FN4O3. The van der Waals surface area contributed by atoms with Crippen LogP contribution in [0.5, 0.6) is 5.75 Å². The summed E-state index contributed by atoms with van der Waals surface area (Å²) in [7, 11) is 0. The van der Waals surface area contributed by atoms with Gasteiger partial charge < -0.3 is 14.7 Å². The fraction of sp³-hybridized carbons (Fsp3) is 0.435. The molecule has 0 saturated carbocycles. The van der Waals surface area contributed by atoms with Gasteiger partial charge in [0.2, 0.25) is 5.95 Å². The zero-order chi connectivity index (χ0) is 22.2. The van der Waals surface area contributed by atoms with Crippen molar-refractivity contribution < 1.29 is 19.0 Å². The molecule has 31 heavy (non-hydrogen) atoms. The van der Waals surface area contributed by atoms with Gasteiger partial charge in [0.05, 0.1) is 17.9 Å². The van der Waals surface area contributed by atoms with Gasteiger partial charge in [0.15, 0.2) is 0 Å². The minimum absolute atomic E-state index is 0.115. The van der Waals surface area contributed by atoms with Gasteiger partial charge in [-0.05, 0) is 63.8 Å². The lowest BCUT2D eigenvalue weighted by Gasteiger charge is -2.30. The summed E-state index contributed by atoms with van der Waals surface area (Å²) in [6, 6.07) is 6.63. The molecule has 0 atom stereocenters. The Morgan fingerprint density at radius 3 is 2.48 bits per heavy atom. The number of halogens is 1. The predicted octanol–water partition coefficient (Wildman–Crippen LogP) is 4.77. The highest BCUT2D eigenvalue weighted by Gasteiger charge is 2.24. The Morgan fingerprint density at radius 1 is 1.19 bits per heavy atom. The Kier molecular flexibility index (Phi) is 5.56. The topological polar surface area (TPSA) is 80.5 Å². The number of fused-ring (bicyclic) bond motifs is 1. The number of carbonyl (C=O) groups excluding carboxylic acids is 1. The molecule has 2 aromatic heterocycles. The Balaban J connectivity index is 1.68. The van der Waals surface area contributed by atoms with Crippen molar-refractivity contribution in [3.63, 3.8) is 0 Å². The molecule has 0 radical (unpaired) electrons. The number of aromatic hydroxyl groups is 1. The number of hydrogen-bond donors (Lipinski definition) is 1. The minimum atomic E-state index is -0.659. The van der Waals surface area contributed by atoms with Crippen molar-refractivity contribution in [1.29, 1.82) is 0 Å². The minimum Gasteiger partial charge on any atom is -0.508 e. The highest BCUT2D eigenvalue weighted by Crippen LogP contribution is 2.31. The van der Waals surface area contributed by atoms with E-state index in [0.29, 0.717) is 28.1 Å². The normalized spacial score (nSPS) is 15.4. The number of nitrogens with zero attached hydrogens (tertiary/aromatic N) is 4. The average molecular weight is 426 g/mol. The average Bonchev–Trinajstić information content (AvgIpc) is 3.11. The van der Waals surface area contributed by atoms with Crippen molar-refractivity contribution in [3.8, 4) is 17.0 Å². The van der Waals surface area contributed by atoms with E-state index in [-0.39, 0.29) is 18.3 Å². The van der Waals surface area contributed by atoms with Crippen molar-refractivity contribution in [1.82, 2.24) is 14.5 Å². The number of phenolic OH excluding ortho intramolecular Hbond substituents is 1. The largest absolute Gasteiger partial charge is 0.508 e. The molecule has 0 bridgehead atoms. The predicted molar refractivity (Wildman–Crippen MR) is 117 cm³/mol. The van der Waals surface area contributed by atoms with Gasteiger partial charge in [0, 0.05) is 36.4 Å². The van der Waals surface area contributed by atoms with E-state index < -0.39 is 11.7 Å². The fourth-order valence-corrected chi connectivity index (χ4v) is 3.82. The number of benzene rings is 1. The lowest BCUT2D eigenvalue weighted by atomic mass is 9.99. The second-order valence-corrected chi connectivity index (χ2v) is 8.94. The molecule has 3 heterocycles. The van der Waals surface area contributed by atoms with Crippen molar-refractivity contribution in [2.24, 2.45) is 5.92 Å². The number of alkyl halides is 1. The zero-order valence-corrected chi connectivity index (χ0v) is 18.0. The van der Waals surface area contributed by atoms with Gasteiger partial charge in [-0.2, -0.15) is 0 Å². The van der Waals surface area contributed by atoms with Gasteiger partial charge in [-0.25, -0.2) is 19.3 Å². The number of phenols is 1. The maximum Gasteiger partial charge on any atom is 0.419 e. The van der Waals surface area contributed by atoms with E-state index in [9.17, 15) is 14.3 Å². The molecular weight excluding hydrogens is 399 g/mol. The summed E-state index contributed by atoms with van der Waals surface area (Å²) in [5.74, 6) is 0.832. The first kappa shape index (κ1) is 21.1. The van der Waals surface area contributed by atoms with E-state index in [0.717, 1.165) is 25.9 Å². The molecule has 1 aliphatic heterocycles. The molecule has 0 unspecified atom stereocenters. The molecule has 3 aromatic rings. The van der Waals surface area contributed by atoms with Gasteiger partial charge in [0.1, 0.15) is 11.4 Å². The molecule has 8 heteroatoms. The lowest BCUT2D eigenvalue weighted by Crippen LogP contribution is -2.35. The lowest BCUT2D eigenvalue weighted by molar-refractivity contribution is 0.0547. The van der Waals surface area contributed by atoms with Crippen molar-refractivity contribution >= 4 is 22.9 Å². The molecule has 1 fully saturated rings. The van der Waals surface area contributed by atoms with Crippen LogP contribution in [0.1, 0.15) is 33.6 Å². The van der Waals surface area contributed by atoms with Crippen molar-refractivity contribution in [2.45, 2.75) is 39.2 Å². The van der Waals surface area contributed by atoms with Gasteiger partial charge in [-0.3, -0.25) is 4.39 Å². The summed E-state index contributed by atoms with van der Waals surface area (Å²) >= 11 is 0. The SMILES string of the molecule is CC(C)(C)OC(=O)n1c(-c2cnc(N3CCC(CF)CC3)nc2)cc2cc(O)ccc21. The third-order valence-electron chi connectivity index (χ3n) is 5.41. The highest BCUT2D eigenvalue weighted by atomic mass is 19.1. The monoisotopic (exact) mass is 426 g/mol. The molecule has 1 aromatic carbocycles. The third kappa shape index (κ3) is 4.47. The van der Waals surface area contributed by atoms with E-state index in [2.05, 4.69) is 14.9 Å². The maximum atomic E-state index is 13.0. The third-order valence-corrected chi connectivity index (χ3v) is 5.41. The molecule has 4 rings (SSSR count). The standard InChI is InChI=1S/C23H27FN4O3/c1-23(2,3)31-22(30)28-19-5-4-18(29)10-16(19)11-20(28)17-13-25-21(26-14-17)27-8-6-15(12-24)7-9-27/h4-5,10-11,13-15,29H,6-9,12H2,1-3H3. The fourth-order valence-electron chi connectivity index (χ4n) is 3.82. The number of hydrogen-bond acceptors (Lipinski definition) is 6. The number of rotatable bonds is 3. The smallest absolute Gasteiger partial charge is 0.419 e. The first-order valence-corrected chi connectivity index (χ1v) is 10.5. The molecule has 1 saturated heterocycles. The molecule has 1 aliphatic rings. The van der Waals surface area contributed by atoms with Crippen LogP contribution in [0, 0.1) is 5.92 Å². The number of carbonyl (C=O) groups is 1. The van der Waals surface area contributed by atoms with Crippen LogP contribution in [0.4, 0.5) is 15.1 Å². The Hall–Kier alpha value is -3.16. The van der Waals surface area contributed by atoms with E-state index in [1.54, 1.807) is 24.5 Å². The molecule has 0 aliphatic carbocycles. The first-order chi connectivity index (χ1) is 14.7. The zero-order valence-electron chi connectivity index (χ0n) is 18.0. The summed E-state index contributed by atoms with van der Waals surface area (Å²) in [6.07, 6.45) is 4.42. The van der Waals surface area contributed by atoms with E-state index in [1.165, 1.54) is 10.6 Å².